The van der Waals surface area contributed by atoms with Crippen LogP contribution in [0.15, 0.2) is 4.34 Å². The summed E-state index contributed by atoms with van der Waals surface area (Å²) in [7, 11) is 4.02. The van der Waals surface area contributed by atoms with E-state index in [-0.39, 0.29) is 0 Å². The van der Waals surface area contributed by atoms with Crippen molar-refractivity contribution >= 4 is 28.2 Å². The van der Waals surface area contributed by atoms with E-state index in [1.54, 1.807) is 11.3 Å². The van der Waals surface area contributed by atoms with Crippen molar-refractivity contribution in [3.63, 3.8) is 0 Å². The summed E-state index contributed by atoms with van der Waals surface area (Å²) in [5.74, 6) is 0. The third-order valence-electron chi connectivity index (χ3n) is 3.20. The van der Waals surface area contributed by atoms with E-state index in [1.165, 1.54) is 25.7 Å². The van der Waals surface area contributed by atoms with Crippen LogP contribution in [0.5, 0.6) is 0 Å². The average molecular weight is 286 g/mol. The maximum atomic E-state index is 4.29. The maximum Gasteiger partial charge on any atom is 0.208 e. The van der Waals surface area contributed by atoms with Crippen LogP contribution in [0.2, 0.25) is 0 Å². The average Bonchev–Trinajstić information content (AvgIpc) is 2.81. The molecule has 0 bridgehead atoms. The Kier molecular flexibility index (Phi) is 5.26. The van der Waals surface area contributed by atoms with Gasteiger partial charge in [-0.3, -0.25) is 0 Å². The van der Waals surface area contributed by atoms with Crippen molar-refractivity contribution in [2.45, 2.75) is 48.2 Å². The van der Waals surface area contributed by atoms with Gasteiger partial charge in [0.2, 0.25) is 5.13 Å². The molecule has 102 valence electrons. The number of nitrogens with zero attached hydrogens (tertiary/aromatic N) is 3. The van der Waals surface area contributed by atoms with Gasteiger partial charge in [0.05, 0.1) is 0 Å². The largest absolute Gasteiger partial charge is 0.353 e. The summed E-state index contributed by atoms with van der Waals surface area (Å²) in [5, 5.41) is 13.8. The van der Waals surface area contributed by atoms with Crippen LogP contribution in [0.1, 0.15) is 32.6 Å². The number of aromatic nitrogens is 2. The Morgan fingerprint density at radius 3 is 2.78 bits per heavy atom. The first-order valence-corrected chi connectivity index (χ1v) is 8.31. The Hall–Kier alpha value is -0.330. The third-order valence-corrected chi connectivity index (χ3v) is 5.77. The molecule has 2 rings (SSSR count). The van der Waals surface area contributed by atoms with E-state index in [0.29, 0.717) is 11.3 Å². The molecule has 1 heterocycles. The predicted molar refractivity (Wildman–Crippen MR) is 79.8 cm³/mol. The Morgan fingerprint density at radius 2 is 2.11 bits per heavy atom. The molecule has 18 heavy (non-hydrogen) atoms. The summed E-state index contributed by atoms with van der Waals surface area (Å²) in [4.78, 5) is 2.02. The minimum absolute atomic E-state index is 0.639. The summed E-state index contributed by atoms with van der Waals surface area (Å²) >= 11 is 3.60. The van der Waals surface area contributed by atoms with Crippen molar-refractivity contribution in [1.82, 2.24) is 15.5 Å². The number of hydrogen-bond donors (Lipinski definition) is 1. The number of anilines is 1. The van der Waals surface area contributed by atoms with Gasteiger partial charge >= 0.3 is 0 Å². The molecule has 0 aromatic carbocycles. The van der Waals surface area contributed by atoms with Crippen LogP contribution in [0.25, 0.3) is 0 Å². The van der Waals surface area contributed by atoms with Gasteiger partial charge in [0, 0.05) is 25.4 Å². The van der Waals surface area contributed by atoms with Gasteiger partial charge in [-0.25, -0.2) is 0 Å². The van der Waals surface area contributed by atoms with Crippen molar-refractivity contribution in [3.8, 4) is 0 Å². The van der Waals surface area contributed by atoms with Crippen molar-refractivity contribution in [3.05, 3.63) is 0 Å². The monoisotopic (exact) mass is 286 g/mol. The molecule has 1 aromatic heterocycles. The number of rotatable bonds is 5. The first-order chi connectivity index (χ1) is 8.70. The topological polar surface area (TPSA) is 41.1 Å². The lowest BCUT2D eigenvalue weighted by molar-refractivity contribution is 0.391. The fourth-order valence-electron chi connectivity index (χ4n) is 2.29. The minimum Gasteiger partial charge on any atom is -0.353 e. The van der Waals surface area contributed by atoms with E-state index < -0.39 is 0 Å². The van der Waals surface area contributed by atoms with Crippen molar-refractivity contribution in [2.24, 2.45) is 0 Å². The molecule has 1 fully saturated rings. The van der Waals surface area contributed by atoms with Crippen molar-refractivity contribution in [1.29, 1.82) is 0 Å². The minimum atomic E-state index is 0.639. The second kappa shape index (κ2) is 6.73. The second-order valence-corrected chi connectivity index (χ2v) is 7.29. The molecule has 0 spiro atoms. The summed E-state index contributed by atoms with van der Waals surface area (Å²) in [6.07, 6.45) is 5.29. The fourth-order valence-corrected chi connectivity index (χ4v) is 4.61. The summed E-state index contributed by atoms with van der Waals surface area (Å²) in [5.41, 5.74) is 0. The SMILES string of the molecule is CCNC1CCCCC1Sc1nnc(N(C)C)s1. The normalized spacial score (nSPS) is 24.2. The van der Waals surface area contributed by atoms with E-state index in [4.69, 9.17) is 0 Å². The number of hydrogen-bond acceptors (Lipinski definition) is 6. The Labute approximate surface area is 118 Å². The van der Waals surface area contributed by atoms with Crippen LogP contribution >= 0.6 is 23.1 Å². The Morgan fingerprint density at radius 1 is 1.33 bits per heavy atom. The highest BCUT2D eigenvalue weighted by Gasteiger charge is 2.26. The van der Waals surface area contributed by atoms with Gasteiger partial charge in [-0.1, -0.05) is 42.9 Å². The standard InChI is InChI=1S/C12H22N4S2/c1-4-13-9-7-5-6-8-10(9)17-12-15-14-11(18-12)16(2)3/h9-10,13H,4-8H2,1-3H3. The quantitative estimate of drug-likeness (QED) is 0.901. The summed E-state index contributed by atoms with van der Waals surface area (Å²) < 4.78 is 1.11. The van der Waals surface area contributed by atoms with Gasteiger partial charge < -0.3 is 10.2 Å². The first-order valence-electron chi connectivity index (χ1n) is 6.61. The van der Waals surface area contributed by atoms with E-state index in [1.807, 2.05) is 30.8 Å². The van der Waals surface area contributed by atoms with Crippen molar-refractivity contribution in [2.75, 3.05) is 25.5 Å². The molecule has 1 N–H and O–H groups in total. The molecule has 1 saturated carbocycles. The molecular formula is C12H22N4S2. The summed E-state index contributed by atoms with van der Waals surface area (Å²) in [6, 6.07) is 0.639. The molecule has 0 radical (unpaired) electrons. The first kappa shape index (κ1) is 14.1. The molecule has 6 heteroatoms. The highest BCUT2D eigenvalue weighted by atomic mass is 32.2. The number of nitrogens with one attached hydrogen (secondary N) is 1. The van der Waals surface area contributed by atoms with Crippen LogP contribution in [-0.4, -0.2) is 42.1 Å². The predicted octanol–water partition coefficient (Wildman–Crippen LogP) is 2.62. The highest BCUT2D eigenvalue weighted by molar-refractivity contribution is 8.01. The molecule has 1 aromatic rings. The summed E-state index contributed by atoms with van der Waals surface area (Å²) in [6.45, 7) is 3.24. The van der Waals surface area contributed by atoms with E-state index >= 15 is 0 Å². The lowest BCUT2D eigenvalue weighted by atomic mass is 9.95. The van der Waals surface area contributed by atoms with Gasteiger partial charge in [0.1, 0.15) is 0 Å². The molecular weight excluding hydrogens is 264 g/mol. The lowest BCUT2D eigenvalue weighted by Crippen LogP contribution is -2.40. The fraction of sp³-hybridized carbons (Fsp3) is 0.833. The smallest absolute Gasteiger partial charge is 0.208 e. The molecule has 0 aliphatic heterocycles. The molecule has 4 nitrogen and oxygen atoms in total. The van der Waals surface area contributed by atoms with Gasteiger partial charge in [0.15, 0.2) is 4.34 Å². The zero-order valence-electron chi connectivity index (χ0n) is 11.3. The maximum absolute atomic E-state index is 4.29. The van der Waals surface area contributed by atoms with Gasteiger partial charge in [-0.05, 0) is 19.4 Å². The molecule has 1 aliphatic carbocycles. The zero-order chi connectivity index (χ0) is 13.0. The van der Waals surface area contributed by atoms with Crippen LogP contribution in [0, 0.1) is 0 Å². The van der Waals surface area contributed by atoms with Crippen LogP contribution in [0.4, 0.5) is 5.13 Å². The van der Waals surface area contributed by atoms with Gasteiger partial charge in [0.25, 0.3) is 0 Å². The Balaban J connectivity index is 1.97. The van der Waals surface area contributed by atoms with Crippen LogP contribution < -0.4 is 10.2 Å². The molecule has 1 aliphatic rings. The van der Waals surface area contributed by atoms with Crippen molar-refractivity contribution < 1.29 is 0 Å². The van der Waals surface area contributed by atoms with E-state index in [0.717, 1.165) is 16.0 Å². The van der Waals surface area contributed by atoms with Crippen LogP contribution in [0.3, 0.4) is 0 Å². The van der Waals surface area contributed by atoms with Gasteiger partial charge in [-0.2, -0.15) is 0 Å². The highest BCUT2D eigenvalue weighted by Crippen LogP contribution is 2.36. The third kappa shape index (κ3) is 3.59. The van der Waals surface area contributed by atoms with E-state index in [2.05, 4.69) is 22.4 Å². The van der Waals surface area contributed by atoms with Gasteiger partial charge in [-0.15, -0.1) is 10.2 Å². The molecule has 0 saturated heterocycles. The van der Waals surface area contributed by atoms with E-state index in [9.17, 15) is 0 Å². The zero-order valence-corrected chi connectivity index (χ0v) is 13.0. The van der Waals surface area contributed by atoms with Crippen LogP contribution in [-0.2, 0) is 0 Å². The molecule has 0 amide bonds. The Bertz CT molecular complexity index is 365. The molecule has 2 unspecified atom stereocenters. The number of thioether (sulfide) groups is 1. The lowest BCUT2D eigenvalue weighted by Gasteiger charge is -2.30. The molecule has 2 atom stereocenters. The second-order valence-electron chi connectivity index (χ2n) is 4.85.